The van der Waals surface area contributed by atoms with Gasteiger partial charge in [-0.15, -0.1) is 0 Å². The summed E-state index contributed by atoms with van der Waals surface area (Å²) in [6.45, 7) is 1.64. The zero-order valence-corrected chi connectivity index (χ0v) is 10.3. The molecular weight excluding hydrogens is 222 g/mol. The number of carbonyl (C=O) groups is 3. The van der Waals surface area contributed by atoms with Crippen LogP contribution in [0, 0.1) is 11.8 Å². The molecule has 0 aromatic heterocycles. The first-order valence-electron chi connectivity index (χ1n) is 5.92. The zero-order valence-electron chi connectivity index (χ0n) is 10.3. The second-order valence-corrected chi connectivity index (χ2v) is 4.51. The highest BCUT2D eigenvalue weighted by atomic mass is 16.5. The molecule has 1 saturated carbocycles. The van der Waals surface area contributed by atoms with Gasteiger partial charge in [-0.2, -0.15) is 0 Å². The van der Waals surface area contributed by atoms with E-state index in [9.17, 15) is 14.4 Å². The van der Waals surface area contributed by atoms with Crippen LogP contribution in [0.25, 0.3) is 0 Å². The van der Waals surface area contributed by atoms with Gasteiger partial charge in [-0.25, -0.2) is 0 Å². The van der Waals surface area contributed by atoms with Crippen LogP contribution < -0.4 is 5.32 Å². The summed E-state index contributed by atoms with van der Waals surface area (Å²) >= 11 is 0. The molecule has 96 valence electrons. The number of rotatable bonds is 4. The van der Waals surface area contributed by atoms with Crippen molar-refractivity contribution in [2.24, 2.45) is 11.8 Å². The number of hydrogen-bond acceptors (Lipinski definition) is 4. The average molecular weight is 241 g/mol. The SMILES string of the molecule is COC(=O)[C@H]1CC[C@H](C(=O)N[C@@H](C)C=O)CC1. The van der Waals surface area contributed by atoms with E-state index in [0.717, 1.165) is 0 Å². The molecule has 0 unspecified atom stereocenters. The minimum absolute atomic E-state index is 0.0763. The van der Waals surface area contributed by atoms with Crippen molar-refractivity contribution in [3.63, 3.8) is 0 Å². The highest BCUT2D eigenvalue weighted by Gasteiger charge is 2.30. The summed E-state index contributed by atoms with van der Waals surface area (Å²) in [5.41, 5.74) is 0. The predicted octanol–water partition coefficient (Wildman–Crippen LogP) is 0.669. The topological polar surface area (TPSA) is 72.5 Å². The fraction of sp³-hybridized carbons (Fsp3) is 0.750. The van der Waals surface area contributed by atoms with Crippen LogP contribution in [0.15, 0.2) is 0 Å². The second kappa shape index (κ2) is 6.37. The lowest BCUT2D eigenvalue weighted by atomic mass is 9.81. The van der Waals surface area contributed by atoms with Crippen molar-refractivity contribution in [2.45, 2.75) is 38.6 Å². The fourth-order valence-corrected chi connectivity index (χ4v) is 2.13. The maximum atomic E-state index is 11.7. The number of aldehydes is 1. The number of nitrogens with one attached hydrogen (secondary N) is 1. The summed E-state index contributed by atoms with van der Waals surface area (Å²) in [7, 11) is 1.38. The molecule has 1 N–H and O–H groups in total. The summed E-state index contributed by atoms with van der Waals surface area (Å²) in [5.74, 6) is -0.441. The minimum atomic E-state index is -0.444. The van der Waals surface area contributed by atoms with E-state index < -0.39 is 6.04 Å². The van der Waals surface area contributed by atoms with Crippen molar-refractivity contribution < 1.29 is 19.1 Å². The third-order valence-corrected chi connectivity index (χ3v) is 3.21. The van der Waals surface area contributed by atoms with E-state index in [-0.39, 0.29) is 23.7 Å². The van der Waals surface area contributed by atoms with Gasteiger partial charge < -0.3 is 14.8 Å². The van der Waals surface area contributed by atoms with E-state index in [1.54, 1.807) is 6.92 Å². The van der Waals surface area contributed by atoms with Crippen molar-refractivity contribution in [1.82, 2.24) is 5.32 Å². The van der Waals surface area contributed by atoms with Gasteiger partial charge in [0.25, 0.3) is 0 Å². The molecule has 1 fully saturated rings. The van der Waals surface area contributed by atoms with Gasteiger partial charge in [-0.1, -0.05) is 0 Å². The van der Waals surface area contributed by atoms with Crippen molar-refractivity contribution in [2.75, 3.05) is 7.11 Å². The Morgan fingerprint density at radius 3 is 2.24 bits per heavy atom. The molecule has 1 aliphatic carbocycles. The first-order chi connectivity index (χ1) is 8.08. The van der Waals surface area contributed by atoms with Gasteiger partial charge in [0.05, 0.1) is 19.1 Å². The van der Waals surface area contributed by atoms with Gasteiger partial charge >= 0.3 is 5.97 Å². The van der Waals surface area contributed by atoms with Crippen LogP contribution in [0.2, 0.25) is 0 Å². The Balaban J connectivity index is 2.38. The Labute approximate surface area is 101 Å². The molecule has 1 aliphatic rings. The van der Waals surface area contributed by atoms with E-state index in [1.807, 2.05) is 0 Å². The summed E-state index contributed by atoms with van der Waals surface area (Å²) in [5, 5.41) is 2.63. The lowest BCUT2D eigenvalue weighted by molar-refractivity contribution is -0.147. The molecule has 1 atom stereocenters. The van der Waals surface area contributed by atoms with Crippen molar-refractivity contribution in [3.8, 4) is 0 Å². The van der Waals surface area contributed by atoms with Crippen LogP contribution >= 0.6 is 0 Å². The summed E-state index contributed by atoms with van der Waals surface area (Å²) in [6.07, 6.45) is 3.42. The van der Waals surface area contributed by atoms with Crippen molar-refractivity contribution in [3.05, 3.63) is 0 Å². The van der Waals surface area contributed by atoms with E-state index in [0.29, 0.717) is 32.0 Å². The third kappa shape index (κ3) is 3.84. The molecule has 0 radical (unpaired) electrons. The van der Waals surface area contributed by atoms with Gasteiger partial charge in [-0.05, 0) is 32.6 Å². The lowest BCUT2D eigenvalue weighted by Gasteiger charge is -2.26. The molecule has 17 heavy (non-hydrogen) atoms. The Hall–Kier alpha value is -1.39. The van der Waals surface area contributed by atoms with E-state index in [4.69, 9.17) is 0 Å². The van der Waals surface area contributed by atoms with Gasteiger partial charge in [-0.3, -0.25) is 9.59 Å². The predicted molar refractivity (Wildman–Crippen MR) is 61.1 cm³/mol. The van der Waals surface area contributed by atoms with E-state index in [2.05, 4.69) is 10.1 Å². The average Bonchev–Trinajstić information content (AvgIpc) is 2.37. The summed E-state index contributed by atoms with van der Waals surface area (Å²) in [6, 6.07) is -0.444. The van der Waals surface area contributed by atoms with Crippen LogP contribution in [0.1, 0.15) is 32.6 Å². The first-order valence-corrected chi connectivity index (χ1v) is 5.92. The second-order valence-electron chi connectivity index (χ2n) is 4.51. The molecule has 0 aromatic rings. The molecule has 5 nitrogen and oxygen atoms in total. The van der Waals surface area contributed by atoms with Crippen LogP contribution in [0.4, 0.5) is 0 Å². The van der Waals surface area contributed by atoms with Crippen LogP contribution in [-0.2, 0) is 19.1 Å². The van der Waals surface area contributed by atoms with E-state index in [1.165, 1.54) is 7.11 Å². The maximum absolute atomic E-state index is 11.7. The third-order valence-electron chi connectivity index (χ3n) is 3.21. The Morgan fingerprint density at radius 2 is 1.76 bits per heavy atom. The lowest BCUT2D eigenvalue weighted by Crippen LogP contribution is -2.39. The number of amides is 1. The summed E-state index contributed by atoms with van der Waals surface area (Å²) < 4.78 is 4.68. The monoisotopic (exact) mass is 241 g/mol. The number of ether oxygens (including phenoxy) is 1. The zero-order chi connectivity index (χ0) is 12.8. The number of methoxy groups -OCH3 is 1. The quantitative estimate of drug-likeness (QED) is 0.580. The Kier molecular flexibility index (Phi) is 5.12. The standard InChI is InChI=1S/C12H19NO4/c1-8(7-14)13-11(15)9-3-5-10(6-4-9)12(16)17-2/h7-10H,3-6H2,1-2H3,(H,13,15)/t8-,9-,10-/m0/s1. The van der Waals surface area contributed by atoms with Gasteiger partial charge in [0.15, 0.2) is 0 Å². The largest absolute Gasteiger partial charge is 0.469 e. The van der Waals surface area contributed by atoms with Crippen LogP contribution in [0.5, 0.6) is 0 Å². The fourth-order valence-electron chi connectivity index (χ4n) is 2.13. The molecule has 1 rings (SSSR count). The molecule has 0 aliphatic heterocycles. The van der Waals surface area contributed by atoms with E-state index >= 15 is 0 Å². The van der Waals surface area contributed by atoms with Crippen LogP contribution in [0.3, 0.4) is 0 Å². The number of hydrogen-bond donors (Lipinski definition) is 1. The molecule has 1 amide bonds. The normalized spacial score (nSPS) is 25.8. The number of carbonyl (C=O) groups excluding carboxylic acids is 3. The first kappa shape index (κ1) is 13.7. The maximum Gasteiger partial charge on any atom is 0.308 e. The van der Waals surface area contributed by atoms with Crippen molar-refractivity contribution >= 4 is 18.2 Å². The molecule has 0 heterocycles. The van der Waals surface area contributed by atoms with Crippen molar-refractivity contribution in [1.29, 1.82) is 0 Å². The van der Waals surface area contributed by atoms with Gasteiger partial charge in [0.1, 0.15) is 6.29 Å². The molecular formula is C12H19NO4. The smallest absolute Gasteiger partial charge is 0.308 e. The molecule has 0 spiro atoms. The Morgan fingerprint density at radius 1 is 1.24 bits per heavy atom. The highest BCUT2D eigenvalue weighted by Crippen LogP contribution is 2.29. The molecule has 0 bridgehead atoms. The highest BCUT2D eigenvalue weighted by molar-refractivity contribution is 5.82. The minimum Gasteiger partial charge on any atom is -0.469 e. The van der Waals surface area contributed by atoms with Gasteiger partial charge in [0, 0.05) is 5.92 Å². The summed E-state index contributed by atoms with van der Waals surface area (Å²) in [4.78, 5) is 33.5. The van der Waals surface area contributed by atoms with Crippen LogP contribution in [-0.4, -0.2) is 31.3 Å². The van der Waals surface area contributed by atoms with Gasteiger partial charge in [0.2, 0.25) is 5.91 Å². The number of esters is 1. The Bertz CT molecular complexity index is 295. The molecule has 0 saturated heterocycles. The molecule has 5 heteroatoms. The molecule has 0 aromatic carbocycles.